The van der Waals surface area contributed by atoms with E-state index in [9.17, 15) is 0 Å². The van der Waals surface area contributed by atoms with Crippen LogP contribution < -0.4 is 4.90 Å². The van der Waals surface area contributed by atoms with Gasteiger partial charge in [-0.2, -0.15) is 14.6 Å². The molecule has 0 unspecified atom stereocenters. The van der Waals surface area contributed by atoms with Gasteiger partial charge in [-0.25, -0.2) is 4.98 Å². The van der Waals surface area contributed by atoms with Crippen molar-refractivity contribution < 1.29 is 0 Å². The first-order valence-corrected chi connectivity index (χ1v) is 9.96. The Morgan fingerprint density at radius 3 is 1.87 bits per heavy atom. The minimum atomic E-state index is 0.595. The van der Waals surface area contributed by atoms with Crippen molar-refractivity contribution in [3.05, 3.63) is 115 Å². The molecule has 3 aromatic carbocycles. The van der Waals surface area contributed by atoms with E-state index in [0.717, 1.165) is 30.2 Å². The van der Waals surface area contributed by atoms with E-state index in [1.165, 1.54) is 11.1 Å². The average Bonchev–Trinajstić information content (AvgIpc) is 3.29. The smallest absolute Gasteiger partial charge is 0.254 e. The van der Waals surface area contributed by atoms with Crippen LogP contribution in [0.5, 0.6) is 0 Å². The van der Waals surface area contributed by atoms with Gasteiger partial charge in [0.1, 0.15) is 12.1 Å². The summed E-state index contributed by atoms with van der Waals surface area (Å²) in [6.07, 6.45) is 1.56. The Labute approximate surface area is 175 Å². The molecule has 0 aliphatic rings. The maximum atomic E-state index is 4.73. The third kappa shape index (κ3) is 3.78. The number of fused-ring (bicyclic) bond motifs is 1. The Balaban J connectivity index is 1.63. The highest BCUT2D eigenvalue weighted by atomic mass is 15.4. The lowest BCUT2D eigenvalue weighted by Crippen LogP contribution is -2.25. The summed E-state index contributed by atoms with van der Waals surface area (Å²) in [5.41, 5.74) is 4.42. The summed E-state index contributed by atoms with van der Waals surface area (Å²) in [4.78, 5) is 11.4. The van der Waals surface area contributed by atoms with Gasteiger partial charge in [-0.15, -0.1) is 0 Å². The Hall–Kier alpha value is -3.99. The largest absolute Gasteiger partial charge is 0.348 e. The summed E-state index contributed by atoms with van der Waals surface area (Å²) in [6, 6.07) is 33.3. The molecular weight excluding hydrogens is 370 g/mol. The summed E-state index contributed by atoms with van der Waals surface area (Å²) in [5, 5.41) is 4.46. The molecule has 0 fully saturated rings. The lowest BCUT2D eigenvalue weighted by atomic mass is 10.1. The van der Waals surface area contributed by atoms with Gasteiger partial charge in [0.15, 0.2) is 0 Å². The molecule has 5 heteroatoms. The van der Waals surface area contributed by atoms with E-state index in [0.29, 0.717) is 5.78 Å². The van der Waals surface area contributed by atoms with E-state index < -0.39 is 0 Å². The average molecular weight is 391 g/mol. The van der Waals surface area contributed by atoms with Gasteiger partial charge in [0.2, 0.25) is 0 Å². The quantitative estimate of drug-likeness (QED) is 0.409. The van der Waals surface area contributed by atoms with Gasteiger partial charge in [0.05, 0.1) is 5.69 Å². The molecule has 0 radical (unpaired) electrons. The number of rotatable bonds is 6. The van der Waals surface area contributed by atoms with Crippen LogP contribution in [-0.4, -0.2) is 19.6 Å². The van der Waals surface area contributed by atoms with Gasteiger partial charge in [0, 0.05) is 24.7 Å². The first kappa shape index (κ1) is 18.1. The molecular formula is C25H21N5. The van der Waals surface area contributed by atoms with E-state index in [1.54, 1.807) is 6.33 Å². The SMILES string of the molecule is c1ccc(CN(Cc2ccccc2)c2cc(-c3ccccc3)nc3ncnn23)cc1. The summed E-state index contributed by atoms with van der Waals surface area (Å²) in [6.45, 7) is 1.51. The first-order valence-electron chi connectivity index (χ1n) is 9.96. The molecule has 0 saturated carbocycles. The third-order valence-electron chi connectivity index (χ3n) is 5.06. The zero-order valence-electron chi connectivity index (χ0n) is 16.5. The van der Waals surface area contributed by atoms with Crippen LogP contribution in [0, 0.1) is 0 Å². The zero-order valence-corrected chi connectivity index (χ0v) is 16.5. The number of benzene rings is 3. The van der Waals surface area contributed by atoms with E-state index in [1.807, 2.05) is 34.8 Å². The van der Waals surface area contributed by atoms with Crippen molar-refractivity contribution in [3.8, 4) is 11.3 Å². The normalized spacial score (nSPS) is 10.9. The van der Waals surface area contributed by atoms with Crippen molar-refractivity contribution in [2.24, 2.45) is 0 Å². The van der Waals surface area contributed by atoms with Crippen LogP contribution in [0.25, 0.3) is 17.0 Å². The maximum Gasteiger partial charge on any atom is 0.254 e. The van der Waals surface area contributed by atoms with Crippen LogP contribution in [0.1, 0.15) is 11.1 Å². The van der Waals surface area contributed by atoms with Crippen molar-refractivity contribution in [3.63, 3.8) is 0 Å². The highest BCUT2D eigenvalue weighted by Crippen LogP contribution is 2.26. The predicted octanol–water partition coefficient (Wildman–Crippen LogP) is 5.00. The lowest BCUT2D eigenvalue weighted by molar-refractivity contribution is 0.752. The van der Waals surface area contributed by atoms with Crippen molar-refractivity contribution in [2.45, 2.75) is 13.1 Å². The molecule has 5 rings (SSSR count). The molecule has 5 nitrogen and oxygen atoms in total. The molecule has 0 atom stereocenters. The molecule has 30 heavy (non-hydrogen) atoms. The number of aromatic nitrogens is 4. The highest BCUT2D eigenvalue weighted by molar-refractivity contribution is 5.65. The number of hydrogen-bond donors (Lipinski definition) is 0. The highest BCUT2D eigenvalue weighted by Gasteiger charge is 2.16. The Kier molecular flexibility index (Phi) is 4.92. The van der Waals surface area contributed by atoms with Crippen LogP contribution in [0.15, 0.2) is 103 Å². The monoisotopic (exact) mass is 391 g/mol. The van der Waals surface area contributed by atoms with Gasteiger partial charge < -0.3 is 4.90 Å². The maximum absolute atomic E-state index is 4.73. The molecule has 0 amide bonds. The Bertz CT molecular complexity index is 1190. The molecule has 0 spiro atoms. The number of nitrogens with zero attached hydrogens (tertiary/aromatic N) is 5. The van der Waals surface area contributed by atoms with Gasteiger partial charge in [0.25, 0.3) is 5.78 Å². The summed E-state index contributed by atoms with van der Waals surface area (Å²) < 4.78 is 1.82. The van der Waals surface area contributed by atoms with E-state index >= 15 is 0 Å². The fraction of sp³-hybridized carbons (Fsp3) is 0.0800. The predicted molar refractivity (Wildman–Crippen MR) is 119 cm³/mol. The molecule has 146 valence electrons. The third-order valence-corrected chi connectivity index (χ3v) is 5.06. The minimum Gasteiger partial charge on any atom is -0.348 e. The number of hydrogen-bond acceptors (Lipinski definition) is 4. The second-order valence-electron chi connectivity index (χ2n) is 7.16. The van der Waals surface area contributed by atoms with Gasteiger partial charge in [-0.3, -0.25) is 0 Å². The van der Waals surface area contributed by atoms with Crippen LogP contribution >= 0.6 is 0 Å². The van der Waals surface area contributed by atoms with Crippen LogP contribution in [0.4, 0.5) is 5.82 Å². The molecule has 2 aromatic heterocycles. The van der Waals surface area contributed by atoms with E-state index in [2.05, 4.69) is 81.7 Å². The second-order valence-corrected chi connectivity index (χ2v) is 7.16. The Morgan fingerprint density at radius 2 is 1.27 bits per heavy atom. The fourth-order valence-electron chi connectivity index (χ4n) is 3.60. The molecule has 5 aromatic rings. The zero-order chi connectivity index (χ0) is 20.2. The molecule has 0 aliphatic heterocycles. The number of anilines is 1. The van der Waals surface area contributed by atoms with Gasteiger partial charge in [-0.1, -0.05) is 91.0 Å². The standard InChI is InChI=1S/C25H21N5/c1-4-10-20(11-5-1)17-29(18-21-12-6-2-7-13-21)24-16-23(22-14-8-3-9-15-22)28-25-26-19-27-30(24)25/h1-16,19H,17-18H2. The van der Waals surface area contributed by atoms with Gasteiger partial charge >= 0.3 is 0 Å². The van der Waals surface area contributed by atoms with Crippen LogP contribution in [0.2, 0.25) is 0 Å². The molecule has 0 bridgehead atoms. The second kappa shape index (κ2) is 8.17. The summed E-state index contributed by atoms with van der Waals surface area (Å²) in [5.74, 6) is 1.56. The van der Waals surface area contributed by atoms with Crippen molar-refractivity contribution in [1.82, 2.24) is 19.6 Å². The van der Waals surface area contributed by atoms with Crippen LogP contribution in [0.3, 0.4) is 0 Å². The molecule has 2 heterocycles. The van der Waals surface area contributed by atoms with E-state index in [4.69, 9.17) is 4.98 Å². The van der Waals surface area contributed by atoms with Crippen molar-refractivity contribution in [1.29, 1.82) is 0 Å². The summed E-state index contributed by atoms with van der Waals surface area (Å²) >= 11 is 0. The van der Waals surface area contributed by atoms with E-state index in [-0.39, 0.29) is 0 Å². The molecule has 0 N–H and O–H groups in total. The van der Waals surface area contributed by atoms with Crippen LogP contribution in [-0.2, 0) is 13.1 Å². The van der Waals surface area contributed by atoms with Crippen molar-refractivity contribution in [2.75, 3.05) is 4.90 Å². The fourth-order valence-corrected chi connectivity index (χ4v) is 3.60. The molecule has 0 aliphatic carbocycles. The first-order chi connectivity index (χ1) is 14.9. The molecule has 0 saturated heterocycles. The van der Waals surface area contributed by atoms with Crippen molar-refractivity contribution >= 4 is 11.6 Å². The Morgan fingerprint density at radius 1 is 0.700 bits per heavy atom. The minimum absolute atomic E-state index is 0.595. The van der Waals surface area contributed by atoms with Gasteiger partial charge in [-0.05, 0) is 11.1 Å². The topological polar surface area (TPSA) is 46.3 Å². The lowest BCUT2D eigenvalue weighted by Gasteiger charge is -2.26. The summed E-state index contributed by atoms with van der Waals surface area (Å²) in [7, 11) is 0.